The molecule has 0 radical (unpaired) electrons. The zero-order chi connectivity index (χ0) is 13.5. The predicted molar refractivity (Wildman–Crippen MR) is 78.6 cm³/mol. The molecule has 0 amide bonds. The second kappa shape index (κ2) is 6.75. The minimum absolute atomic E-state index is 0.418. The van der Waals surface area contributed by atoms with Crippen LogP contribution in [0.1, 0.15) is 11.1 Å². The molecule has 0 bridgehead atoms. The van der Waals surface area contributed by atoms with E-state index in [0.29, 0.717) is 12.3 Å². The first-order chi connectivity index (χ1) is 9.24. The van der Waals surface area contributed by atoms with Gasteiger partial charge in [0, 0.05) is 0 Å². The van der Waals surface area contributed by atoms with Gasteiger partial charge in [-0.3, -0.25) is 0 Å². The standard InChI is InChI=1S/C15H15NO2S/c1-13-7-9-14(10-8-13)11-16-19(17)12-18-15-5-3-2-4-6-15/h2-10,12H,11H2,1H3. The largest absolute Gasteiger partial charge is 0.451 e. The average Bonchev–Trinajstić information content (AvgIpc) is 2.45. The molecular formula is C15H15NO2S. The average molecular weight is 273 g/mol. The van der Waals surface area contributed by atoms with Gasteiger partial charge in [-0.2, -0.15) is 4.36 Å². The third-order valence-electron chi connectivity index (χ3n) is 2.50. The molecule has 4 heteroatoms. The fourth-order valence-electron chi connectivity index (χ4n) is 1.46. The van der Waals surface area contributed by atoms with Crippen molar-refractivity contribution in [3.63, 3.8) is 0 Å². The number of nitrogens with zero attached hydrogens (tertiary/aromatic N) is 1. The van der Waals surface area contributed by atoms with Gasteiger partial charge in [-0.1, -0.05) is 48.0 Å². The van der Waals surface area contributed by atoms with Gasteiger partial charge >= 0.3 is 0 Å². The second-order valence-corrected chi connectivity index (χ2v) is 5.08. The molecule has 0 spiro atoms. The summed E-state index contributed by atoms with van der Waals surface area (Å²) in [5.74, 6) is 0.654. The fraction of sp³-hybridized carbons (Fsp3) is 0.133. The summed E-state index contributed by atoms with van der Waals surface area (Å²) in [5.41, 5.74) is 3.47. The van der Waals surface area contributed by atoms with Gasteiger partial charge < -0.3 is 4.74 Å². The third-order valence-corrected chi connectivity index (χ3v) is 3.15. The van der Waals surface area contributed by atoms with Gasteiger partial charge in [0.2, 0.25) is 0 Å². The number of hydrogen-bond acceptors (Lipinski definition) is 3. The highest BCUT2D eigenvalue weighted by molar-refractivity contribution is 7.73. The van der Waals surface area contributed by atoms with E-state index in [1.807, 2.05) is 49.4 Å². The van der Waals surface area contributed by atoms with Crippen molar-refractivity contribution in [2.45, 2.75) is 13.5 Å². The molecule has 19 heavy (non-hydrogen) atoms. The topological polar surface area (TPSA) is 38.7 Å². The van der Waals surface area contributed by atoms with Crippen LogP contribution in [0.25, 0.3) is 0 Å². The van der Waals surface area contributed by atoms with E-state index in [1.165, 1.54) is 11.1 Å². The molecule has 0 saturated carbocycles. The predicted octanol–water partition coefficient (Wildman–Crippen LogP) is 3.27. The Kier molecular flexibility index (Phi) is 4.75. The fourth-order valence-corrected chi connectivity index (χ4v) is 1.99. The van der Waals surface area contributed by atoms with E-state index < -0.39 is 10.2 Å². The molecule has 98 valence electrons. The SMILES string of the molecule is Cc1ccc(CN=S(=O)=COc2ccccc2)cc1. The lowest BCUT2D eigenvalue weighted by Crippen LogP contribution is -1.90. The number of rotatable bonds is 4. The van der Waals surface area contributed by atoms with Crippen LogP contribution in [-0.2, 0) is 16.7 Å². The highest BCUT2D eigenvalue weighted by Gasteiger charge is 1.90. The molecule has 0 aliphatic rings. The first-order valence-corrected chi connectivity index (χ1v) is 7.10. The highest BCUT2D eigenvalue weighted by Crippen LogP contribution is 2.06. The van der Waals surface area contributed by atoms with Crippen LogP contribution in [0, 0.1) is 6.92 Å². The van der Waals surface area contributed by atoms with Crippen LogP contribution in [0.3, 0.4) is 0 Å². The van der Waals surface area contributed by atoms with Gasteiger partial charge in [-0.05, 0) is 24.6 Å². The first kappa shape index (κ1) is 13.4. The van der Waals surface area contributed by atoms with Crippen LogP contribution in [0.2, 0.25) is 0 Å². The Morgan fingerprint density at radius 2 is 1.79 bits per heavy atom. The van der Waals surface area contributed by atoms with Crippen molar-refractivity contribution >= 4 is 15.7 Å². The number of hydrogen-bond donors (Lipinski definition) is 0. The number of benzene rings is 2. The zero-order valence-corrected chi connectivity index (χ0v) is 11.5. The van der Waals surface area contributed by atoms with Gasteiger partial charge in [0.05, 0.1) is 6.54 Å². The first-order valence-electron chi connectivity index (χ1n) is 5.93. The minimum Gasteiger partial charge on any atom is -0.451 e. The summed E-state index contributed by atoms with van der Waals surface area (Å²) in [6, 6.07) is 17.2. The van der Waals surface area contributed by atoms with Crippen LogP contribution in [0.15, 0.2) is 59.0 Å². The van der Waals surface area contributed by atoms with Gasteiger partial charge in [0.25, 0.3) is 0 Å². The Morgan fingerprint density at radius 1 is 1.11 bits per heavy atom. The van der Waals surface area contributed by atoms with Crippen molar-refractivity contribution in [2.24, 2.45) is 4.36 Å². The summed E-state index contributed by atoms with van der Waals surface area (Å²) in [4.78, 5) is 0. The molecule has 0 saturated heterocycles. The Labute approximate surface area is 114 Å². The van der Waals surface area contributed by atoms with Crippen LogP contribution < -0.4 is 4.74 Å². The normalized spacial score (nSPS) is 9.74. The van der Waals surface area contributed by atoms with Crippen molar-refractivity contribution in [1.82, 2.24) is 0 Å². The van der Waals surface area contributed by atoms with Crippen molar-refractivity contribution in [1.29, 1.82) is 0 Å². The molecule has 0 aliphatic carbocycles. The Bertz CT molecular complexity index is 661. The Morgan fingerprint density at radius 3 is 2.47 bits per heavy atom. The van der Waals surface area contributed by atoms with E-state index in [9.17, 15) is 4.21 Å². The monoisotopic (exact) mass is 273 g/mol. The van der Waals surface area contributed by atoms with Gasteiger partial charge in [0.15, 0.2) is 5.55 Å². The van der Waals surface area contributed by atoms with Gasteiger partial charge in [-0.15, -0.1) is 0 Å². The lowest BCUT2D eigenvalue weighted by molar-refractivity contribution is 0.583. The summed E-state index contributed by atoms with van der Waals surface area (Å²) in [5, 5.41) is 0. The van der Waals surface area contributed by atoms with Crippen LogP contribution in [0.5, 0.6) is 5.75 Å². The zero-order valence-electron chi connectivity index (χ0n) is 10.7. The minimum atomic E-state index is -1.45. The Balaban J connectivity index is 1.99. The smallest absolute Gasteiger partial charge is 0.189 e. The quantitative estimate of drug-likeness (QED) is 0.802. The van der Waals surface area contributed by atoms with E-state index in [4.69, 9.17) is 4.74 Å². The molecule has 0 aliphatic heterocycles. The molecule has 0 heterocycles. The van der Waals surface area contributed by atoms with E-state index in [0.717, 1.165) is 5.56 Å². The molecule has 2 aromatic carbocycles. The molecule has 0 fully saturated rings. The van der Waals surface area contributed by atoms with E-state index in [2.05, 4.69) is 4.36 Å². The Hall–Kier alpha value is -2.07. The summed E-state index contributed by atoms with van der Waals surface area (Å²) in [6.07, 6.45) is 0. The summed E-state index contributed by atoms with van der Waals surface area (Å²) in [7, 11) is -1.45. The molecule has 3 nitrogen and oxygen atoms in total. The summed E-state index contributed by atoms with van der Waals surface area (Å²) in [6.45, 7) is 2.45. The molecular weight excluding hydrogens is 258 g/mol. The van der Waals surface area contributed by atoms with Crippen molar-refractivity contribution in [3.8, 4) is 5.75 Å². The molecule has 2 rings (SSSR count). The van der Waals surface area contributed by atoms with E-state index >= 15 is 0 Å². The van der Waals surface area contributed by atoms with Gasteiger partial charge in [0.1, 0.15) is 15.9 Å². The van der Waals surface area contributed by atoms with E-state index in [1.54, 1.807) is 12.1 Å². The number of para-hydroxylation sites is 1. The van der Waals surface area contributed by atoms with Crippen LogP contribution in [-0.4, -0.2) is 9.76 Å². The maximum atomic E-state index is 11.6. The van der Waals surface area contributed by atoms with Crippen molar-refractivity contribution < 1.29 is 8.95 Å². The summed E-state index contributed by atoms with van der Waals surface area (Å²) >= 11 is 0. The highest BCUT2D eigenvalue weighted by atomic mass is 32.2. The number of aryl methyl sites for hydroxylation is 1. The molecule has 0 aromatic heterocycles. The van der Waals surface area contributed by atoms with Crippen LogP contribution >= 0.6 is 0 Å². The van der Waals surface area contributed by atoms with Crippen molar-refractivity contribution in [2.75, 3.05) is 0 Å². The summed E-state index contributed by atoms with van der Waals surface area (Å²) < 4.78 is 20.9. The molecule has 2 aromatic rings. The second-order valence-electron chi connectivity index (χ2n) is 4.08. The molecule has 0 atom stereocenters. The lowest BCUT2D eigenvalue weighted by Gasteiger charge is -1.96. The maximum absolute atomic E-state index is 11.6. The van der Waals surface area contributed by atoms with Crippen molar-refractivity contribution in [3.05, 3.63) is 65.7 Å². The van der Waals surface area contributed by atoms with E-state index in [-0.39, 0.29) is 0 Å². The third kappa shape index (κ3) is 4.60. The molecule has 0 unspecified atom stereocenters. The maximum Gasteiger partial charge on any atom is 0.189 e. The lowest BCUT2D eigenvalue weighted by atomic mass is 10.2. The number of ether oxygens (including phenoxy) is 1. The molecule has 0 N–H and O–H groups in total. The van der Waals surface area contributed by atoms with Crippen LogP contribution in [0.4, 0.5) is 0 Å². The van der Waals surface area contributed by atoms with Gasteiger partial charge in [-0.25, -0.2) is 4.21 Å².